The second-order valence-electron chi connectivity index (χ2n) is 3.00. The predicted octanol–water partition coefficient (Wildman–Crippen LogP) is 3.08. The van der Waals surface area contributed by atoms with Crippen LogP contribution in [0.25, 0.3) is 0 Å². The van der Waals surface area contributed by atoms with Crippen molar-refractivity contribution in [3.63, 3.8) is 0 Å². The zero-order valence-corrected chi connectivity index (χ0v) is 8.84. The van der Waals surface area contributed by atoms with Crippen molar-refractivity contribution in [1.29, 1.82) is 0 Å². The zero-order valence-electron chi connectivity index (χ0n) is 7.94. The largest absolute Gasteiger partial charge is 0.374 e. The van der Waals surface area contributed by atoms with E-state index in [1.807, 2.05) is 18.2 Å². The van der Waals surface area contributed by atoms with E-state index in [1.165, 1.54) is 5.56 Å². The minimum absolute atomic E-state index is 0.195. The molecule has 0 fully saturated rings. The Labute approximate surface area is 85.5 Å². The lowest BCUT2D eigenvalue weighted by atomic mass is 10.1. The highest BCUT2D eigenvalue weighted by atomic mass is 32.1. The van der Waals surface area contributed by atoms with Crippen molar-refractivity contribution in [2.75, 3.05) is 12.4 Å². The molecule has 0 aliphatic heterocycles. The van der Waals surface area contributed by atoms with Crippen molar-refractivity contribution in [2.24, 2.45) is 0 Å². The summed E-state index contributed by atoms with van der Waals surface area (Å²) in [4.78, 5) is 0. The van der Waals surface area contributed by atoms with Crippen LogP contribution in [-0.4, -0.2) is 12.4 Å². The Hall–Kier alpha value is -0.470. The average Bonchev–Trinajstić information content (AvgIpc) is 2.19. The van der Waals surface area contributed by atoms with Gasteiger partial charge in [0.15, 0.2) is 0 Å². The maximum absolute atomic E-state index is 5.62. The second-order valence-corrected chi connectivity index (χ2v) is 3.45. The Kier molecular flexibility index (Phi) is 4.94. The van der Waals surface area contributed by atoms with Crippen LogP contribution in [0, 0.1) is 0 Å². The Balaban J connectivity index is 2.35. The first-order chi connectivity index (χ1) is 6.34. The Morgan fingerprint density at radius 2 is 2.00 bits per heavy atom. The minimum Gasteiger partial charge on any atom is -0.374 e. The molecule has 0 saturated carbocycles. The summed E-state index contributed by atoms with van der Waals surface area (Å²) in [6.45, 7) is 2.87. The fourth-order valence-electron chi connectivity index (χ4n) is 1.14. The molecule has 0 spiro atoms. The summed E-state index contributed by atoms with van der Waals surface area (Å²) in [5.74, 6) is 0.890. The van der Waals surface area contributed by atoms with Gasteiger partial charge in [-0.15, -0.1) is 0 Å². The third-order valence-electron chi connectivity index (χ3n) is 1.94. The van der Waals surface area contributed by atoms with Crippen LogP contribution in [0.1, 0.15) is 25.0 Å². The van der Waals surface area contributed by atoms with E-state index in [4.69, 9.17) is 4.74 Å². The molecule has 0 heterocycles. The fraction of sp³-hybridized carbons (Fsp3) is 0.455. The minimum atomic E-state index is 0.195. The first-order valence-electron chi connectivity index (χ1n) is 4.62. The van der Waals surface area contributed by atoms with Gasteiger partial charge < -0.3 is 4.74 Å². The monoisotopic (exact) mass is 196 g/mol. The number of thiol groups is 1. The lowest BCUT2D eigenvalue weighted by molar-refractivity contribution is 0.0668. The molecule has 13 heavy (non-hydrogen) atoms. The van der Waals surface area contributed by atoms with Gasteiger partial charge in [-0.05, 0) is 24.7 Å². The standard InChI is InChI=1S/C11H16OS/c1-10(12-8-5-9-13)11-6-3-2-4-7-11/h2-4,6-7,10,13H,5,8-9H2,1H3. The molecule has 1 aromatic rings. The van der Waals surface area contributed by atoms with Crippen LogP contribution in [0.4, 0.5) is 0 Å². The summed E-state index contributed by atoms with van der Waals surface area (Å²) in [6, 6.07) is 10.3. The van der Waals surface area contributed by atoms with E-state index in [1.54, 1.807) is 0 Å². The van der Waals surface area contributed by atoms with Gasteiger partial charge in [-0.1, -0.05) is 30.3 Å². The lowest BCUT2D eigenvalue weighted by Gasteiger charge is -2.12. The van der Waals surface area contributed by atoms with E-state index >= 15 is 0 Å². The summed E-state index contributed by atoms with van der Waals surface area (Å²) in [7, 11) is 0. The van der Waals surface area contributed by atoms with Gasteiger partial charge in [0.25, 0.3) is 0 Å². The Bertz CT molecular complexity index is 223. The van der Waals surface area contributed by atoms with E-state index in [-0.39, 0.29) is 6.10 Å². The Morgan fingerprint density at radius 1 is 1.31 bits per heavy atom. The van der Waals surface area contributed by atoms with E-state index in [0.717, 1.165) is 18.8 Å². The molecule has 1 rings (SSSR count). The van der Waals surface area contributed by atoms with E-state index < -0.39 is 0 Å². The quantitative estimate of drug-likeness (QED) is 0.562. The molecule has 1 aromatic carbocycles. The molecule has 0 aliphatic rings. The molecular weight excluding hydrogens is 180 g/mol. The van der Waals surface area contributed by atoms with Crippen molar-refractivity contribution in [2.45, 2.75) is 19.4 Å². The highest BCUT2D eigenvalue weighted by Gasteiger charge is 2.03. The summed E-state index contributed by atoms with van der Waals surface area (Å²) >= 11 is 4.13. The predicted molar refractivity (Wildman–Crippen MR) is 59.3 cm³/mol. The normalized spacial score (nSPS) is 12.8. The van der Waals surface area contributed by atoms with E-state index in [2.05, 4.69) is 31.7 Å². The topological polar surface area (TPSA) is 9.23 Å². The van der Waals surface area contributed by atoms with E-state index in [0.29, 0.717) is 0 Å². The first-order valence-corrected chi connectivity index (χ1v) is 5.25. The second kappa shape index (κ2) is 6.06. The molecule has 1 nitrogen and oxygen atoms in total. The van der Waals surface area contributed by atoms with Gasteiger partial charge >= 0.3 is 0 Å². The number of hydrogen-bond acceptors (Lipinski definition) is 2. The third kappa shape index (κ3) is 3.83. The maximum Gasteiger partial charge on any atom is 0.0796 e. The van der Waals surface area contributed by atoms with Crippen molar-refractivity contribution in [1.82, 2.24) is 0 Å². The first kappa shape index (κ1) is 10.6. The van der Waals surface area contributed by atoms with Gasteiger partial charge in [0.05, 0.1) is 6.10 Å². The molecule has 0 radical (unpaired) electrons. The number of benzene rings is 1. The molecule has 0 bridgehead atoms. The van der Waals surface area contributed by atoms with Crippen LogP contribution in [0.5, 0.6) is 0 Å². The van der Waals surface area contributed by atoms with Crippen LogP contribution in [0.2, 0.25) is 0 Å². The molecule has 1 unspecified atom stereocenters. The van der Waals surface area contributed by atoms with Crippen LogP contribution >= 0.6 is 12.6 Å². The van der Waals surface area contributed by atoms with Crippen molar-refractivity contribution in [3.8, 4) is 0 Å². The summed E-state index contributed by atoms with van der Waals surface area (Å²) < 4.78 is 5.62. The summed E-state index contributed by atoms with van der Waals surface area (Å²) in [5.41, 5.74) is 1.24. The van der Waals surface area contributed by atoms with Gasteiger partial charge in [0.2, 0.25) is 0 Å². The highest BCUT2D eigenvalue weighted by molar-refractivity contribution is 7.80. The number of ether oxygens (including phenoxy) is 1. The van der Waals surface area contributed by atoms with Crippen LogP contribution < -0.4 is 0 Å². The van der Waals surface area contributed by atoms with Crippen LogP contribution in [0.3, 0.4) is 0 Å². The van der Waals surface area contributed by atoms with Gasteiger partial charge in [-0.25, -0.2) is 0 Å². The maximum atomic E-state index is 5.62. The van der Waals surface area contributed by atoms with Crippen LogP contribution in [0.15, 0.2) is 30.3 Å². The zero-order chi connectivity index (χ0) is 9.52. The molecular formula is C11H16OS. The van der Waals surface area contributed by atoms with Gasteiger partial charge in [0.1, 0.15) is 0 Å². The molecule has 0 amide bonds. The van der Waals surface area contributed by atoms with Gasteiger partial charge in [-0.2, -0.15) is 12.6 Å². The Morgan fingerprint density at radius 3 is 2.62 bits per heavy atom. The summed E-state index contributed by atoms with van der Waals surface area (Å²) in [6.07, 6.45) is 1.21. The van der Waals surface area contributed by atoms with Crippen molar-refractivity contribution >= 4 is 12.6 Å². The number of rotatable bonds is 5. The fourth-order valence-corrected chi connectivity index (χ4v) is 1.27. The number of hydrogen-bond donors (Lipinski definition) is 1. The SMILES string of the molecule is CC(OCCCS)c1ccccc1. The van der Waals surface area contributed by atoms with Crippen LogP contribution in [-0.2, 0) is 4.74 Å². The molecule has 0 aromatic heterocycles. The van der Waals surface area contributed by atoms with Gasteiger partial charge in [-0.3, -0.25) is 0 Å². The molecule has 0 aliphatic carbocycles. The average molecular weight is 196 g/mol. The summed E-state index contributed by atoms with van der Waals surface area (Å²) in [5, 5.41) is 0. The third-order valence-corrected chi connectivity index (χ3v) is 2.26. The molecule has 1 atom stereocenters. The van der Waals surface area contributed by atoms with E-state index in [9.17, 15) is 0 Å². The molecule has 2 heteroatoms. The lowest BCUT2D eigenvalue weighted by Crippen LogP contribution is -2.01. The molecule has 72 valence electrons. The van der Waals surface area contributed by atoms with Gasteiger partial charge in [0, 0.05) is 6.61 Å². The smallest absolute Gasteiger partial charge is 0.0796 e. The van der Waals surface area contributed by atoms with Crippen molar-refractivity contribution in [3.05, 3.63) is 35.9 Å². The highest BCUT2D eigenvalue weighted by Crippen LogP contribution is 2.15. The van der Waals surface area contributed by atoms with Crippen molar-refractivity contribution < 1.29 is 4.74 Å². The molecule has 0 saturated heterocycles. The molecule has 0 N–H and O–H groups in total.